The fraction of sp³-hybridized carbons (Fsp3) is 0.238. The van der Waals surface area contributed by atoms with Gasteiger partial charge < -0.3 is 10.6 Å². The second-order valence-corrected chi connectivity index (χ2v) is 7.06. The van der Waals surface area contributed by atoms with Crippen molar-refractivity contribution < 1.29 is 9.53 Å². The number of nitrogens with two attached hydrogens (primary N) is 1. The van der Waals surface area contributed by atoms with Crippen LogP contribution in [-0.2, 0) is 4.79 Å². The summed E-state index contributed by atoms with van der Waals surface area (Å²) in [6.07, 6.45) is 0.585. The van der Waals surface area contributed by atoms with Crippen molar-refractivity contribution in [3.8, 4) is 11.4 Å². The van der Waals surface area contributed by atoms with Gasteiger partial charge in [-0.15, -0.1) is 5.10 Å². The van der Waals surface area contributed by atoms with Crippen LogP contribution in [0.1, 0.15) is 36.3 Å². The van der Waals surface area contributed by atoms with Gasteiger partial charge in [0.1, 0.15) is 5.75 Å². The summed E-state index contributed by atoms with van der Waals surface area (Å²) < 4.78 is 7.46. The van der Waals surface area contributed by atoms with E-state index >= 15 is 0 Å². The smallest absolute Gasteiger partial charge is 0.369 e. The largest absolute Gasteiger partial charge is 0.497 e. The third-order valence-corrected chi connectivity index (χ3v) is 5.16. The zero-order chi connectivity index (χ0) is 21.4. The molecule has 1 unspecified atom stereocenters. The zero-order valence-corrected chi connectivity index (χ0v) is 16.9. The summed E-state index contributed by atoms with van der Waals surface area (Å²) in [5, 5.41) is 10.2. The Morgan fingerprint density at radius 2 is 1.80 bits per heavy atom. The number of methoxy groups -OCH3 is 1. The first-order valence-corrected chi connectivity index (χ1v) is 9.45. The first kappa shape index (κ1) is 19.4. The number of nitrogen functional groups attached to an aromatic ring is 1. The average Bonchev–Trinajstić information content (AvgIpc) is 3.32. The van der Waals surface area contributed by atoms with Crippen molar-refractivity contribution in [3.05, 3.63) is 76.0 Å². The first-order valence-electron chi connectivity index (χ1n) is 9.45. The van der Waals surface area contributed by atoms with Crippen LogP contribution in [-0.4, -0.2) is 38.2 Å². The predicted octanol–water partition coefficient (Wildman–Crippen LogP) is 1.76. The molecule has 0 saturated heterocycles. The van der Waals surface area contributed by atoms with E-state index in [0.29, 0.717) is 17.9 Å². The van der Waals surface area contributed by atoms with Gasteiger partial charge in [-0.25, -0.2) is 9.80 Å². The Morgan fingerprint density at radius 3 is 2.33 bits per heavy atom. The van der Waals surface area contributed by atoms with E-state index in [-0.39, 0.29) is 11.9 Å². The average molecular weight is 406 g/mol. The number of benzene rings is 2. The molecule has 1 aromatic heterocycles. The molecule has 9 heteroatoms. The molecular formula is C21H22N6O3. The molecule has 154 valence electrons. The summed E-state index contributed by atoms with van der Waals surface area (Å²) in [4.78, 5) is 24.3. The highest BCUT2D eigenvalue weighted by molar-refractivity contribution is 6.03. The minimum atomic E-state index is -0.416. The first-order chi connectivity index (χ1) is 14.4. The third-order valence-electron chi connectivity index (χ3n) is 5.16. The van der Waals surface area contributed by atoms with Gasteiger partial charge in [0.25, 0.3) is 0 Å². The van der Waals surface area contributed by atoms with Crippen LogP contribution in [0.2, 0.25) is 0 Å². The van der Waals surface area contributed by atoms with Crippen LogP contribution in [0.3, 0.4) is 0 Å². The molecule has 0 aliphatic carbocycles. The lowest BCUT2D eigenvalue weighted by Gasteiger charge is -2.20. The molecule has 0 fully saturated rings. The van der Waals surface area contributed by atoms with Crippen molar-refractivity contribution in [2.24, 2.45) is 5.10 Å². The van der Waals surface area contributed by atoms with E-state index < -0.39 is 5.69 Å². The van der Waals surface area contributed by atoms with E-state index in [2.05, 4.69) is 10.2 Å². The Kier molecular flexibility index (Phi) is 4.86. The van der Waals surface area contributed by atoms with Gasteiger partial charge in [-0.1, -0.05) is 24.3 Å². The molecule has 0 radical (unpaired) electrons. The molecule has 1 atom stereocenters. The molecule has 0 spiro atoms. The maximum Gasteiger partial charge on any atom is 0.369 e. The third kappa shape index (κ3) is 3.34. The fourth-order valence-corrected chi connectivity index (χ4v) is 3.50. The molecule has 0 saturated carbocycles. The van der Waals surface area contributed by atoms with Crippen LogP contribution in [0.15, 0.2) is 58.4 Å². The Morgan fingerprint density at radius 1 is 1.13 bits per heavy atom. The van der Waals surface area contributed by atoms with Crippen molar-refractivity contribution in [2.75, 3.05) is 13.0 Å². The second-order valence-electron chi connectivity index (χ2n) is 7.06. The van der Waals surface area contributed by atoms with Gasteiger partial charge in [0.2, 0.25) is 5.91 Å². The number of aromatic nitrogens is 3. The lowest BCUT2D eigenvalue weighted by Crippen LogP contribution is -2.29. The summed E-state index contributed by atoms with van der Waals surface area (Å²) >= 11 is 0. The van der Waals surface area contributed by atoms with Crippen molar-refractivity contribution in [1.29, 1.82) is 0 Å². The molecule has 1 amide bonds. The topological polar surface area (TPSA) is 108 Å². The Balaban J connectivity index is 1.61. The van der Waals surface area contributed by atoms with Crippen LogP contribution in [0.4, 0.5) is 0 Å². The van der Waals surface area contributed by atoms with Crippen LogP contribution in [0.5, 0.6) is 5.75 Å². The Hall–Kier alpha value is -3.88. The van der Waals surface area contributed by atoms with E-state index in [1.165, 1.54) is 16.6 Å². The maximum absolute atomic E-state index is 12.2. The van der Waals surface area contributed by atoms with Gasteiger partial charge in [0.05, 0.1) is 24.6 Å². The summed E-state index contributed by atoms with van der Waals surface area (Å²) in [5.41, 5.74) is 2.84. The molecule has 30 heavy (non-hydrogen) atoms. The number of ether oxygens (including phenoxy) is 1. The number of hydrogen-bond donors (Lipinski definition) is 1. The molecule has 9 nitrogen and oxygen atoms in total. The van der Waals surface area contributed by atoms with E-state index in [1.807, 2.05) is 36.4 Å². The van der Waals surface area contributed by atoms with Crippen LogP contribution < -0.4 is 16.3 Å². The highest BCUT2D eigenvalue weighted by Crippen LogP contribution is 2.33. The number of nitrogens with zero attached hydrogens (tertiary/aromatic N) is 5. The summed E-state index contributed by atoms with van der Waals surface area (Å²) in [7, 11) is 1.62. The fourth-order valence-electron chi connectivity index (χ4n) is 3.50. The lowest BCUT2D eigenvalue weighted by atomic mass is 9.98. The van der Waals surface area contributed by atoms with Gasteiger partial charge in [0, 0.05) is 13.3 Å². The molecule has 2 heterocycles. The van der Waals surface area contributed by atoms with Gasteiger partial charge in [0.15, 0.2) is 5.82 Å². The number of hydrazone groups is 1. The van der Waals surface area contributed by atoms with E-state index in [9.17, 15) is 9.59 Å². The normalized spacial score (nSPS) is 15.9. The molecule has 1 aliphatic rings. The zero-order valence-electron chi connectivity index (χ0n) is 16.9. The quantitative estimate of drug-likeness (QED) is 0.665. The molecule has 3 aromatic rings. The number of rotatable bonds is 4. The van der Waals surface area contributed by atoms with Crippen molar-refractivity contribution in [1.82, 2.24) is 19.5 Å². The SMILES string of the molecule is COc1ccc(C2CC(c3ccc(-n4nc(C)n(N)c4=O)cc3)=NN2C(C)=O)cc1. The number of carbonyl (C=O) groups is 1. The molecule has 2 aromatic carbocycles. The standard InChI is InChI=1S/C21H22N6O3/c1-13-23-27(21(29)25(13)22)17-8-4-15(5-9-17)19-12-20(26(24-19)14(2)28)16-6-10-18(30-3)11-7-16/h4-11,20H,12,22H2,1-3H3. The van der Waals surface area contributed by atoms with E-state index in [4.69, 9.17) is 10.6 Å². The number of hydrogen-bond acceptors (Lipinski definition) is 6. The molecule has 4 rings (SSSR count). The highest BCUT2D eigenvalue weighted by atomic mass is 16.5. The lowest BCUT2D eigenvalue weighted by molar-refractivity contribution is -0.130. The minimum absolute atomic E-state index is 0.127. The molecule has 1 aliphatic heterocycles. The maximum atomic E-state index is 12.2. The number of aryl methyl sites for hydroxylation is 1. The number of carbonyl (C=O) groups excluding carboxylic acids is 1. The summed E-state index contributed by atoms with van der Waals surface area (Å²) in [6.45, 7) is 3.17. The molecular weight excluding hydrogens is 384 g/mol. The Labute approximate surface area is 173 Å². The highest BCUT2D eigenvalue weighted by Gasteiger charge is 2.31. The molecule has 0 bridgehead atoms. The summed E-state index contributed by atoms with van der Waals surface area (Å²) in [6, 6.07) is 14.7. The van der Waals surface area contributed by atoms with Crippen LogP contribution in [0, 0.1) is 6.92 Å². The van der Waals surface area contributed by atoms with Crippen molar-refractivity contribution in [2.45, 2.75) is 26.3 Å². The Bertz CT molecular complexity index is 1170. The van der Waals surface area contributed by atoms with Crippen molar-refractivity contribution in [3.63, 3.8) is 0 Å². The van der Waals surface area contributed by atoms with Gasteiger partial charge in [-0.2, -0.15) is 14.5 Å². The van der Waals surface area contributed by atoms with E-state index in [0.717, 1.165) is 27.3 Å². The van der Waals surface area contributed by atoms with Crippen LogP contribution in [0.25, 0.3) is 5.69 Å². The van der Waals surface area contributed by atoms with E-state index in [1.54, 1.807) is 26.2 Å². The van der Waals surface area contributed by atoms with Gasteiger partial charge in [-0.3, -0.25) is 4.79 Å². The van der Waals surface area contributed by atoms with Crippen LogP contribution >= 0.6 is 0 Å². The minimum Gasteiger partial charge on any atom is -0.497 e. The molecule has 2 N–H and O–H groups in total. The monoisotopic (exact) mass is 406 g/mol. The van der Waals surface area contributed by atoms with Gasteiger partial charge >= 0.3 is 5.69 Å². The second kappa shape index (κ2) is 7.51. The predicted molar refractivity (Wildman–Crippen MR) is 112 cm³/mol. The summed E-state index contributed by atoms with van der Waals surface area (Å²) in [5.74, 6) is 6.71. The number of amides is 1. The van der Waals surface area contributed by atoms with Crippen molar-refractivity contribution >= 4 is 11.6 Å². The van der Waals surface area contributed by atoms with Gasteiger partial charge in [-0.05, 0) is 42.3 Å².